The molecule has 0 bridgehead atoms. The molecular formula is C10H15NO2. The summed E-state index contributed by atoms with van der Waals surface area (Å²) in [7, 11) is 0. The maximum Gasteiger partial charge on any atom is 0.235 e. The topological polar surface area (TPSA) is 29.5 Å². The largest absolute Gasteiger partial charge is 0.367 e. The van der Waals surface area contributed by atoms with Crippen molar-refractivity contribution in [3.05, 3.63) is 0 Å². The molecule has 0 aromatic carbocycles. The van der Waals surface area contributed by atoms with E-state index in [2.05, 4.69) is 24.7 Å². The van der Waals surface area contributed by atoms with Gasteiger partial charge < -0.3 is 4.74 Å². The smallest absolute Gasteiger partial charge is 0.235 e. The Labute approximate surface area is 79.1 Å². The Morgan fingerprint density at radius 2 is 2.38 bits per heavy atom. The van der Waals surface area contributed by atoms with Crippen molar-refractivity contribution in [2.45, 2.75) is 26.0 Å². The van der Waals surface area contributed by atoms with Gasteiger partial charge in [0, 0.05) is 19.1 Å². The van der Waals surface area contributed by atoms with E-state index in [1.165, 1.54) is 0 Å². The number of rotatable bonds is 2. The Morgan fingerprint density at radius 1 is 1.69 bits per heavy atom. The molecule has 72 valence electrons. The van der Waals surface area contributed by atoms with Gasteiger partial charge in [-0.25, -0.2) is 0 Å². The Bertz CT molecular complexity index is 230. The zero-order valence-electron chi connectivity index (χ0n) is 8.12. The minimum Gasteiger partial charge on any atom is -0.367 e. The van der Waals surface area contributed by atoms with Gasteiger partial charge in [-0.1, -0.05) is 0 Å². The fourth-order valence-corrected chi connectivity index (χ4v) is 1.39. The highest BCUT2D eigenvalue weighted by Gasteiger charge is 2.26. The van der Waals surface area contributed by atoms with Crippen LogP contribution in [0.5, 0.6) is 0 Å². The molecule has 3 nitrogen and oxygen atoms in total. The molecule has 1 fully saturated rings. The van der Waals surface area contributed by atoms with Gasteiger partial charge >= 0.3 is 0 Å². The van der Waals surface area contributed by atoms with Crippen LogP contribution in [0.1, 0.15) is 13.8 Å². The average molecular weight is 181 g/mol. The van der Waals surface area contributed by atoms with Gasteiger partial charge in [0.05, 0.1) is 6.61 Å². The number of ether oxygens (including phenoxy) is 1. The third kappa shape index (κ3) is 2.55. The summed E-state index contributed by atoms with van der Waals surface area (Å²) in [6, 6.07) is 0.442. The van der Waals surface area contributed by atoms with Gasteiger partial charge in [0.1, 0.15) is 6.10 Å². The normalized spacial score (nSPS) is 24.3. The van der Waals surface area contributed by atoms with Crippen molar-refractivity contribution in [1.82, 2.24) is 4.90 Å². The number of Topliss-reactive ketones (excluding diaryl/α,β-unsaturated/α-hetero) is 1. The predicted octanol–water partition coefficient (Wildman–Crippen LogP) is 0.298. The fraction of sp³-hybridized carbons (Fsp3) is 0.700. The number of nitrogens with zero attached hydrogens (tertiary/aromatic N) is 1. The SMILES string of the molecule is C#CC(=O)C1CN(C(C)C)CCO1. The average Bonchev–Trinajstić information content (AvgIpc) is 2.17. The summed E-state index contributed by atoms with van der Waals surface area (Å²) < 4.78 is 5.28. The number of terminal acetylenes is 1. The maximum atomic E-state index is 11.1. The van der Waals surface area contributed by atoms with E-state index in [9.17, 15) is 4.79 Å². The molecule has 0 saturated carbocycles. The number of ketones is 1. The molecular weight excluding hydrogens is 166 g/mol. The fourth-order valence-electron chi connectivity index (χ4n) is 1.39. The molecule has 1 unspecified atom stereocenters. The van der Waals surface area contributed by atoms with Crippen LogP contribution in [0.4, 0.5) is 0 Å². The van der Waals surface area contributed by atoms with Gasteiger partial charge in [-0.05, 0) is 19.8 Å². The summed E-state index contributed by atoms with van der Waals surface area (Å²) in [4.78, 5) is 13.3. The monoisotopic (exact) mass is 181 g/mol. The molecule has 13 heavy (non-hydrogen) atoms. The van der Waals surface area contributed by atoms with Crippen LogP contribution in [0.3, 0.4) is 0 Å². The van der Waals surface area contributed by atoms with Gasteiger partial charge in [-0.2, -0.15) is 0 Å². The van der Waals surface area contributed by atoms with Gasteiger partial charge in [-0.15, -0.1) is 6.42 Å². The summed E-state index contributed by atoms with van der Waals surface area (Å²) in [5.74, 6) is 1.86. The van der Waals surface area contributed by atoms with Crippen LogP contribution in [0.2, 0.25) is 0 Å². The van der Waals surface area contributed by atoms with Crippen molar-refractivity contribution >= 4 is 5.78 Å². The zero-order valence-corrected chi connectivity index (χ0v) is 8.12. The van der Waals surface area contributed by atoms with Crippen LogP contribution in [0.25, 0.3) is 0 Å². The number of hydrogen-bond donors (Lipinski definition) is 0. The van der Waals surface area contributed by atoms with E-state index in [0.717, 1.165) is 6.54 Å². The van der Waals surface area contributed by atoms with Gasteiger partial charge in [-0.3, -0.25) is 9.69 Å². The minimum atomic E-state index is -0.416. The molecule has 0 aromatic rings. The molecule has 0 aliphatic carbocycles. The lowest BCUT2D eigenvalue weighted by Crippen LogP contribution is -2.48. The van der Waals surface area contributed by atoms with Crippen LogP contribution in [-0.2, 0) is 9.53 Å². The molecule has 1 aliphatic rings. The van der Waals surface area contributed by atoms with Gasteiger partial charge in [0.2, 0.25) is 5.78 Å². The van der Waals surface area contributed by atoms with Crippen LogP contribution in [-0.4, -0.2) is 42.5 Å². The molecule has 1 aliphatic heterocycles. The first kappa shape index (κ1) is 10.2. The number of morpholine rings is 1. The van der Waals surface area contributed by atoms with Crippen LogP contribution >= 0.6 is 0 Å². The molecule has 0 spiro atoms. The highest BCUT2D eigenvalue weighted by molar-refractivity contribution is 5.98. The second kappa shape index (κ2) is 4.40. The highest BCUT2D eigenvalue weighted by atomic mass is 16.5. The molecule has 0 aromatic heterocycles. The Morgan fingerprint density at radius 3 is 2.92 bits per heavy atom. The van der Waals surface area contributed by atoms with Crippen LogP contribution < -0.4 is 0 Å². The third-order valence-electron chi connectivity index (χ3n) is 2.26. The van der Waals surface area contributed by atoms with Crippen molar-refractivity contribution in [2.24, 2.45) is 0 Å². The Hall–Kier alpha value is -0.850. The van der Waals surface area contributed by atoms with Gasteiger partial charge in [0.25, 0.3) is 0 Å². The molecule has 1 rings (SSSR count). The number of carbonyl (C=O) groups is 1. The van der Waals surface area contributed by atoms with Crippen molar-refractivity contribution in [1.29, 1.82) is 0 Å². The second-order valence-corrected chi connectivity index (χ2v) is 3.46. The first-order valence-electron chi connectivity index (χ1n) is 4.51. The van der Waals surface area contributed by atoms with E-state index < -0.39 is 6.10 Å². The first-order chi connectivity index (χ1) is 6.15. The molecule has 1 atom stereocenters. The lowest BCUT2D eigenvalue weighted by Gasteiger charge is -2.33. The first-order valence-corrected chi connectivity index (χ1v) is 4.51. The Balaban J connectivity index is 2.52. The molecule has 0 amide bonds. The summed E-state index contributed by atoms with van der Waals surface area (Å²) in [5, 5.41) is 0. The van der Waals surface area contributed by atoms with E-state index >= 15 is 0 Å². The number of hydrogen-bond acceptors (Lipinski definition) is 3. The summed E-state index contributed by atoms with van der Waals surface area (Å²) in [5.41, 5.74) is 0. The molecule has 0 radical (unpaired) electrons. The number of carbonyl (C=O) groups excluding carboxylic acids is 1. The second-order valence-electron chi connectivity index (χ2n) is 3.46. The molecule has 1 saturated heterocycles. The maximum absolute atomic E-state index is 11.1. The lowest BCUT2D eigenvalue weighted by atomic mass is 10.1. The van der Waals surface area contributed by atoms with Gasteiger partial charge in [0.15, 0.2) is 0 Å². The van der Waals surface area contributed by atoms with Crippen LogP contribution in [0, 0.1) is 12.3 Å². The minimum absolute atomic E-state index is 0.245. The van der Waals surface area contributed by atoms with Crippen molar-refractivity contribution < 1.29 is 9.53 Å². The molecule has 1 heterocycles. The quantitative estimate of drug-likeness (QED) is 0.453. The molecule has 3 heteroatoms. The summed E-state index contributed by atoms with van der Waals surface area (Å²) in [6.45, 7) is 6.30. The van der Waals surface area contributed by atoms with Crippen molar-refractivity contribution in [2.75, 3.05) is 19.7 Å². The van der Waals surface area contributed by atoms with E-state index in [4.69, 9.17) is 11.2 Å². The van der Waals surface area contributed by atoms with Crippen LogP contribution in [0.15, 0.2) is 0 Å². The van der Waals surface area contributed by atoms with E-state index in [1.807, 2.05) is 0 Å². The molecule has 0 N–H and O–H groups in total. The zero-order chi connectivity index (χ0) is 9.84. The lowest BCUT2D eigenvalue weighted by molar-refractivity contribution is -0.131. The highest BCUT2D eigenvalue weighted by Crippen LogP contribution is 2.08. The Kier molecular flexibility index (Phi) is 3.47. The summed E-state index contributed by atoms with van der Waals surface area (Å²) >= 11 is 0. The van der Waals surface area contributed by atoms with E-state index in [1.54, 1.807) is 0 Å². The third-order valence-corrected chi connectivity index (χ3v) is 2.26. The van der Waals surface area contributed by atoms with E-state index in [-0.39, 0.29) is 5.78 Å². The standard InChI is InChI=1S/C10H15NO2/c1-4-9(12)10-7-11(8(2)3)5-6-13-10/h1,8,10H,5-7H2,2-3H3. The van der Waals surface area contributed by atoms with Crippen molar-refractivity contribution in [3.63, 3.8) is 0 Å². The summed E-state index contributed by atoms with van der Waals surface area (Å²) in [6.07, 6.45) is 4.61. The predicted molar refractivity (Wildman–Crippen MR) is 50.3 cm³/mol. The van der Waals surface area contributed by atoms with Crippen molar-refractivity contribution in [3.8, 4) is 12.3 Å². The van der Waals surface area contributed by atoms with E-state index in [0.29, 0.717) is 19.2 Å².